The number of amides is 2. The van der Waals surface area contributed by atoms with Crippen LogP contribution in [0.25, 0.3) is 5.69 Å². The maximum absolute atomic E-state index is 13.3. The predicted molar refractivity (Wildman–Crippen MR) is 122 cm³/mol. The summed E-state index contributed by atoms with van der Waals surface area (Å²) in [6.07, 6.45) is 4.14. The zero-order valence-electron chi connectivity index (χ0n) is 17.8. The highest BCUT2D eigenvalue weighted by molar-refractivity contribution is 6.05. The van der Waals surface area contributed by atoms with Crippen LogP contribution in [0.5, 0.6) is 5.75 Å². The first-order valence-electron chi connectivity index (χ1n) is 10.4. The van der Waals surface area contributed by atoms with Crippen molar-refractivity contribution in [3.8, 4) is 11.4 Å². The molecule has 9 heteroatoms. The largest absolute Gasteiger partial charge is 0.507 e. The minimum Gasteiger partial charge on any atom is -0.507 e. The second kappa shape index (κ2) is 9.95. The van der Waals surface area contributed by atoms with Crippen molar-refractivity contribution in [3.05, 3.63) is 107 Å². The van der Waals surface area contributed by atoms with Gasteiger partial charge in [0.2, 0.25) is 0 Å². The van der Waals surface area contributed by atoms with Gasteiger partial charge in [-0.1, -0.05) is 18.2 Å². The number of nitrogens with one attached hydrogen (secondary N) is 2. The molecule has 0 saturated heterocycles. The second-order valence-corrected chi connectivity index (χ2v) is 7.48. The highest BCUT2D eigenvalue weighted by atomic mass is 19.1. The molecule has 0 spiro atoms. The summed E-state index contributed by atoms with van der Waals surface area (Å²) in [7, 11) is 0. The minimum absolute atomic E-state index is 0.0229. The number of phenols is 1. The lowest BCUT2D eigenvalue weighted by atomic mass is 10.1. The lowest BCUT2D eigenvalue weighted by molar-refractivity contribution is 0.0951. The van der Waals surface area contributed by atoms with Crippen LogP contribution in [0.3, 0.4) is 0 Å². The zero-order chi connectivity index (χ0) is 24.1. The molecule has 0 bridgehead atoms. The Morgan fingerprint density at radius 1 is 0.941 bits per heavy atom. The van der Waals surface area contributed by atoms with E-state index in [1.807, 2.05) is 36.5 Å². The van der Waals surface area contributed by atoms with Crippen LogP contribution in [0.15, 0.2) is 79.1 Å². The molecule has 0 saturated carbocycles. The number of benzene rings is 3. The summed E-state index contributed by atoms with van der Waals surface area (Å²) in [6, 6.07) is 16.0. The van der Waals surface area contributed by atoms with Gasteiger partial charge in [0.15, 0.2) is 0 Å². The lowest BCUT2D eigenvalue weighted by Crippen LogP contribution is -2.25. The summed E-state index contributed by atoms with van der Waals surface area (Å²) in [5, 5.41) is 19.7. The van der Waals surface area contributed by atoms with Gasteiger partial charge in [-0.05, 0) is 48.4 Å². The Morgan fingerprint density at radius 3 is 2.38 bits per heavy atom. The number of hydrogen-bond acceptors (Lipinski definition) is 4. The molecule has 0 radical (unpaired) electrons. The fourth-order valence-corrected chi connectivity index (χ4v) is 3.32. The smallest absolute Gasteiger partial charge is 0.255 e. The molecule has 34 heavy (non-hydrogen) atoms. The summed E-state index contributed by atoms with van der Waals surface area (Å²) < 4.78 is 28.4. The number of anilines is 1. The van der Waals surface area contributed by atoms with Crippen LogP contribution in [0.2, 0.25) is 0 Å². The van der Waals surface area contributed by atoms with Gasteiger partial charge in [-0.25, -0.2) is 13.5 Å². The number of aromatic hydroxyl groups is 1. The van der Waals surface area contributed by atoms with Crippen LogP contribution in [-0.2, 0) is 6.42 Å². The predicted octanol–water partition coefficient (Wildman–Crippen LogP) is 4.08. The number of carbonyl (C=O) groups is 2. The van der Waals surface area contributed by atoms with Gasteiger partial charge in [0.25, 0.3) is 11.8 Å². The number of hydrogen-bond donors (Lipinski definition) is 3. The number of carbonyl (C=O) groups excluding carboxylic acids is 2. The van der Waals surface area contributed by atoms with Gasteiger partial charge in [0.05, 0.1) is 17.4 Å². The van der Waals surface area contributed by atoms with Crippen molar-refractivity contribution in [2.45, 2.75) is 6.42 Å². The van der Waals surface area contributed by atoms with E-state index in [2.05, 4.69) is 15.7 Å². The molecule has 0 unspecified atom stereocenters. The standard InChI is InChI=1S/C25H20F2N4O3/c26-18-10-17(11-19(27)12-18)24(33)30-20-6-7-22(23(32)13-20)25(34)28-9-8-16-14-29-31(15-16)21-4-2-1-3-5-21/h1-7,10-15,32H,8-9H2,(H,28,34)(H,30,33). The molecule has 0 fully saturated rings. The molecule has 1 heterocycles. The van der Waals surface area contributed by atoms with E-state index in [0.29, 0.717) is 19.0 Å². The lowest BCUT2D eigenvalue weighted by Gasteiger charge is -2.10. The van der Waals surface area contributed by atoms with Gasteiger partial charge in [-0.15, -0.1) is 0 Å². The van der Waals surface area contributed by atoms with E-state index in [1.165, 1.54) is 18.2 Å². The van der Waals surface area contributed by atoms with E-state index in [0.717, 1.165) is 23.4 Å². The van der Waals surface area contributed by atoms with E-state index in [4.69, 9.17) is 0 Å². The Balaban J connectivity index is 1.33. The number of nitrogens with zero attached hydrogens (tertiary/aromatic N) is 2. The molecule has 4 rings (SSSR count). The molecule has 7 nitrogen and oxygen atoms in total. The Hall–Kier alpha value is -4.53. The molecule has 0 aliphatic heterocycles. The first kappa shape index (κ1) is 22.7. The molecular formula is C25H20F2N4O3. The average molecular weight is 462 g/mol. The summed E-state index contributed by atoms with van der Waals surface area (Å²) >= 11 is 0. The third kappa shape index (κ3) is 5.44. The van der Waals surface area contributed by atoms with Gasteiger partial charge in [0, 0.05) is 36.1 Å². The first-order chi connectivity index (χ1) is 16.4. The van der Waals surface area contributed by atoms with E-state index in [9.17, 15) is 23.5 Å². The summed E-state index contributed by atoms with van der Waals surface area (Å²) in [5.74, 6) is -3.36. The Kier molecular flexibility index (Phi) is 6.63. The Labute approximate surface area is 193 Å². The van der Waals surface area contributed by atoms with Gasteiger partial charge in [0.1, 0.15) is 17.4 Å². The average Bonchev–Trinajstić information content (AvgIpc) is 3.28. The summed E-state index contributed by atoms with van der Waals surface area (Å²) in [6.45, 7) is 0.322. The monoisotopic (exact) mass is 462 g/mol. The van der Waals surface area contributed by atoms with E-state index in [-0.39, 0.29) is 22.6 Å². The number of aromatic nitrogens is 2. The Morgan fingerprint density at radius 2 is 1.68 bits per heavy atom. The molecule has 0 aliphatic rings. The fourth-order valence-electron chi connectivity index (χ4n) is 3.32. The van der Waals surface area contributed by atoms with Crippen molar-refractivity contribution < 1.29 is 23.5 Å². The number of rotatable bonds is 7. The first-order valence-corrected chi connectivity index (χ1v) is 10.4. The second-order valence-electron chi connectivity index (χ2n) is 7.48. The molecule has 3 N–H and O–H groups in total. The quantitative estimate of drug-likeness (QED) is 0.386. The molecule has 172 valence electrons. The molecular weight excluding hydrogens is 442 g/mol. The van der Waals surface area contributed by atoms with Crippen LogP contribution >= 0.6 is 0 Å². The molecule has 3 aromatic carbocycles. The molecule has 0 atom stereocenters. The third-order valence-corrected chi connectivity index (χ3v) is 4.98. The Bertz CT molecular complexity index is 1320. The van der Waals surface area contributed by atoms with Crippen LogP contribution in [0, 0.1) is 11.6 Å². The van der Waals surface area contributed by atoms with Crippen molar-refractivity contribution >= 4 is 17.5 Å². The van der Waals surface area contributed by atoms with Gasteiger partial charge in [-0.3, -0.25) is 9.59 Å². The highest BCUT2D eigenvalue weighted by Gasteiger charge is 2.14. The normalized spacial score (nSPS) is 10.6. The fraction of sp³-hybridized carbons (Fsp3) is 0.0800. The van der Waals surface area contributed by atoms with Crippen molar-refractivity contribution in [2.24, 2.45) is 0 Å². The van der Waals surface area contributed by atoms with Crippen molar-refractivity contribution in [3.63, 3.8) is 0 Å². The van der Waals surface area contributed by atoms with Crippen molar-refractivity contribution in [1.82, 2.24) is 15.1 Å². The minimum atomic E-state index is -0.882. The topological polar surface area (TPSA) is 96.3 Å². The van der Waals surface area contributed by atoms with Crippen LogP contribution < -0.4 is 10.6 Å². The molecule has 0 aliphatic carbocycles. The van der Waals surface area contributed by atoms with Crippen molar-refractivity contribution in [2.75, 3.05) is 11.9 Å². The third-order valence-electron chi connectivity index (χ3n) is 4.98. The maximum atomic E-state index is 13.3. The SMILES string of the molecule is O=C(Nc1ccc(C(=O)NCCc2cnn(-c3ccccc3)c2)c(O)c1)c1cc(F)cc(F)c1. The van der Waals surface area contributed by atoms with E-state index < -0.39 is 23.4 Å². The van der Waals surface area contributed by atoms with Gasteiger partial charge >= 0.3 is 0 Å². The van der Waals surface area contributed by atoms with Crippen LogP contribution in [0.4, 0.5) is 14.5 Å². The van der Waals surface area contributed by atoms with Gasteiger partial charge in [-0.2, -0.15) is 5.10 Å². The molecule has 2 amide bonds. The summed E-state index contributed by atoms with van der Waals surface area (Å²) in [5.41, 5.74) is 1.83. The number of para-hydroxylation sites is 1. The van der Waals surface area contributed by atoms with Crippen LogP contribution in [0.1, 0.15) is 26.3 Å². The number of phenolic OH excluding ortho intramolecular Hbond substituents is 1. The molecule has 1 aromatic heterocycles. The summed E-state index contributed by atoms with van der Waals surface area (Å²) in [4.78, 5) is 24.7. The van der Waals surface area contributed by atoms with Crippen LogP contribution in [-0.4, -0.2) is 33.2 Å². The van der Waals surface area contributed by atoms with Crippen molar-refractivity contribution in [1.29, 1.82) is 0 Å². The van der Waals surface area contributed by atoms with E-state index >= 15 is 0 Å². The van der Waals surface area contributed by atoms with E-state index in [1.54, 1.807) is 10.9 Å². The molecule has 4 aromatic rings. The number of halogens is 2. The van der Waals surface area contributed by atoms with Gasteiger partial charge < -0.3 is 15.7 Å². The highest BCUT2D eigenvalue weighted by Crippen LogP contribution is 2.23. The zero-order valence-corrected chi connectivity index (χ0v) is 17.8. The maximum Gasteiger partial charge on any atom is 0.255 e.